The number of aryl methyl sites for hydroxylation is 1. The number of halogens is 1. The number of carbonyl (C=O) groups is 1. The van der Waals surface area contributed by atoms with E-state index in [9.17, 15) is 4.79 Å². The summed E-state index contributed by atoms with van der Waals surface area (Å²) in [6, 6.07) is 3.77. The highest BCUT2D eigenvalue weighted by Gasteiger charge is 2.32. The molecule has 15 heavy (non-hydrogen) atoms. The summed E-state index contributed by atoms with van der Waals surface area (Å²) in [5.74, 6) is 1.13. The van der Waals surface area contributed by atoms with Crippen LogP contribution < -0.4 is 4.74 Å². The Morgan fingerprint density at radius 1 is 1.47 bits per heavy atom. The van der Waals surface area contributed by atoms with Crippen LogP contribution >= 0.6 is 15.9 Å². The molecule has 0 aromatic heterocycles. The highest BCUT2D eigenvalue weighted by molar-refractivity contribution is 9.10. The van der Waals surface area contributed by atoms with E-state index in [4.69, 9.17) is 4.74 Å². The number of ether oxygens (including phenoxy) is 1. The van der Waals surface area contributed by atoms with Gasteiger partial charge in [-0.05, 0) is 37.5 Å². The lowest BCUT2D eigenvalue weighted by molar-refractivity contribution is 0.0964. The van der Waals surface area contributed by atoms with E-state index in [2.05, 4.69) is 15.9 Å². The standard InChI is InChI=1S/C12H13BrO2/c1-7-5-11(15-2)9(6-10(7)13)12(14)8-3-4-8/h5-6,8H,3-4H2,1-2H3. The molecule has 0 atom stereocenters. The largest absolute Gasteiger partial charge is 0.496 e. The first-order valence-corrected chi connectivity index (χ1v) is 5.81. The van der Waals surface area contributed by atoms with Gasteiger partial charge in [0.1, 0.15) is 5.75 Å². The average molecular weight is 269 g/mol. The molecule has 2 nitrogen and oxygen atoms in total. The van der Waals surface area contributed by atoms with Gasteiger partial charge in [0.25, 0.3) is 0 Å². The van der Waals surface area contributed by atoms with Crippen molar-refractivity contribution in [2.24, 2.45) is 5.92 Å². The zero-order valence-corrected chi connectivity index (χ0v) is 10.4. The second-order valence-electron chi connectivity index (χ2n) is 3.94. The Kier molecular flexibility index (Phi) is 2.83. The first kappa shape index (κ1) is 10.7. The molecule has 1 aromatic rings. The molecular formula is C12H13BrO2. The zero-order valence-electron chi connectivity index (χ0n) is 8.84. The van der Waals surface area contributed by atoms with Crippen LogP contribution in [-0.2, 0) is 0 Å². The van der Waals surface area contributed by atoms with Crippen molar-refractivity contribution in [3.05, 3.63) is 27.7 Å². The van der Waals surface area contributed by atoms with E-state index in [1.807, 2.05) is 19.1 Å². The lowest BCUT2D eigenvalue weighted by atomic mass is 10.0. The van der Waals surface area contributed by atoms with Crippen LogP contribution in [-0.4, -0.2) is 12.9 Å². The molecule has 0 N–H and O–H groups in total. The second-order valence-corrected chi connectivity index (χ2v) is 4.79. The average Bonchev–Trinajstić information content (AvgIpc) is 3.04. The molecular weight excluding hydrogens is 256 g/mol. The Morgan fingerprint density at radius 3 is 2.67 bits per heavy atom. The fourth-order valence-corrected chi connectivity index (χ4v) is 1.93. The minimum atomic E-state index is 0.215. The third kappa shape index (κ3) is 2.07. The molecule has 0 heterocycles. The summed E-state index contributed by atoms with van der Waals surface area (Å²) >= 11 is 3.44. The molecule has 0 aliphatic heterocycles. The molecule has 0 bridgehead atoms. The Balaban J connectivity index is 2.43. The number of hydrogen-bond donors (Lipinski definition) is 0. The van der Waals surface area contributed by atoms with Crippen molar-refractivity contribution < 1.29 is 9.53 Å². The molecule has 0 amide bonds. The lowest BCUT2D eigenvalue weighted by Crippen LogP contribution is -2.04. The summed E-state index contributed by atoms with van der Waals surface area (Å²) in [5, 5.41) is 0. The van der Waals surface area contributed by atoms with Crippen LogP contribution in [0.4, 0.5) is 0 Å². The maximum absolute atomic E-state index is 11.9. The van der Waals surface area contributed by atoms with Gasteiger partial charge in [-0.2, -0.15) is 0 Å². The number of hydrogen-bond acceptors (Lipinski definition) is 2. The van der Waals surface area contributed by atoms with Crippen LogP contribution in [0, 0.1) is 12.8 Å². The van der Waals surface area contributed by atoms with Gasteiger partial charge in [0.05, 0.1) is 12.7 Å². The predicted octanol–water partition coefficient (Wildman–Crippen LogP) is 3.36. The van der Waals surface area contributed by atoms with E-state index >= 15 is 0 Å². The molecule has 1 aromatic carbocycles. The van der Waals surface area contributed by atoms with Gasteiger partial charge in [-0.15, -0.1) is 0 Å². The Labute approximate surface area is 97.8 Å². The van der Waals surface area contributed by atoms with Gasteiger partial charge in [-0.25, -0.2) is 0 Å². The number of carbonyl (C=O) groups excluding carboxylic acids is 1. The van der Waals surface area contributed by atoms with Crippen molar-refractivity contribution in [1.29, 1.82) is 0 Å². The van der Waals surface area contributed by atoms with Gasteiger partial charge in [0, 0.05) is 10.4 Å². The van der Waals surface area contributed by atoms with Gasteiger partial charge in [0.2, 0.25) is 0 Å². The summed E-state index contributed by atoms with van der Waals surface area (Å²) in [6.45, 7) is 1.98. The molecule has 2 rings (SSSR count). The van der Waals surface area contributed by atoms with Gasteiger partial charge >= 0.3 is 0 Å². The molecule has 3 heteroatoms. The molecule has 1 fully saturated rings. The van der Waals surface area contributed by atoms with Crippen molar-refractivity contribution in [1.82, 2.24) is 0 Å². The maximum atomic E-state index is 11.9. The van der Waals surface area contributed by atoms with E-state index in [0.717, 1.165) is 22.9 Å². The zero-order chi connectivity index (χ0) is 11.0. The van der Waals surface area contributed by atoms with Crippen LogP contribution in [0.3, 0.4) is 0 Å². The second kappa shape index (κ2) is 3.97. The Hall–Kier alpha value is -0.830. The quantitative estimate of drug-likeness (QED) is 0.786. The molecule has 0 unspecified atom stereocenters. The molecule has 0 spiro atoms. The first-order chi connectivity index (χ1) is 7.13. The van der Waals surface area contributed by atoms with E-state index in [-0.39, 0.29) is 11.7 Å². The Bertz CT molecular complexity index is 408. The fourth-order valence-electron chi connectivity index (χ4n) is 1.58. The predicted molar refractivity (Wildman–Crippen MR) is 62.5 cm³/mol. The van der Waals surface area contributed by atoms with Crippen molar-refractivity contribution in [2.45, 2.75) is 19.8 Å². The van der Waals surface area contributed by atoms with Crippen molar-refractivity contribution in [2.75, 3.05) is 7.11 Å². The summed E-state index contributed by atoms with van der Waals surface area (Å²) in [6.07, 6.45) is 2.04. The topological polar surface area (TPSA) is 26.3 Å². The smallest absolute Gasteiger partial charge is 0.169 e. The van der Waals surface area contributed by atoms with Gasteiger partial charge < -0.3 is 4.74 Å². The van der Waals surface area contributed by atoms with Crippen LogP contribution in [0.2, 0.25) is 0 Å². The van der Waals surface area contributed by atoms with Crippen molar-refractivity contribution in [3.63, 3.8) is 0 Å². The summed E-state index contributed by atoms with van der Waals surface area (Å²) < 4.78 is 6.20. The lowest BCUT2D eigenvalue weighted by Gasteiger charge is -2.09. The first-order valence-electron chi connectivity index (χ1n) is 5.02. The van der Waals surface area contributed by atoms with Crippen LogP contribution in [0.5, 0.6) is 5.75 Å². The molecule has 1 saturated carbocycles. The van der Waals surface area contributed by atoms with Crippen molar-refractivity contribution >= 4 is 21.7 Å². The normalized spacial score (nSPS) is 15.1. The van der Waals surface area contributed by atoms with E-state index < -0.39 is 0 Å². The summed E-state index contributed by atoms with van der Waals surface area (Å²) in [7, 11) is 1.60. The SMILES string of the molecule is COc1cc(C)c(Br)cc1C(=O)C1CC1. The van der Waals surface area contributed by atoms with Gasteiger partial charge in [-0.3, -0.25) is 4.79 Å². The third-order valence-electron chi connectivity index (χ3n) is 2.69. The molecule has 0 saturated heterocycles. The Morgan fingerprint density at radius 2 is 2.13 bits per heavy atom. The number of methoxy groups -OCH3 is 1. The van der Waals surface area contributed by atoms with Crippen molar-refractivity contribution in [3.8, 4) is 5.75 Å². The highest BCUT2D eigenvalue weighted by Crippen LogP contribution is 2.36. The molecule has 1 aliphatic rings. The minimum absolute atomic E-state index is 0.215. The third-order valence-corrected chi connectivity index (χ3v) is 3.55. The summed E-state index contributed by atoms with van der Waals surface area (Å²) in [4.78, 5) is 11.9. The van der Waals surface area contributed by atoms with E-state index in [1.54, 1.807) is 7.11 Å². The number of ketones is 1. The molecule has 1 aliphatic carbocycles. The molecule has 80 valence electrons. The van der Waals surface area contributed by atoms with Crippen LogP contribution in [0.25, 0.3) is 0 Å². The maximum Gasteiger partial charge on any atom is 0.169 e. The summed E-state index contributed by atoms with van der Waals surface area (Å²) in [5.41, 5.74) is 1.79. The van der Waals surface area contributed by atoms with Crippen LogP contribution in [0.1, 0.15) is 28.8 Å². The minimum Gasteiger partial charge on any atom is -0.496 e. The number of Topliss-reactive ketones (excluding diaryl/α,β-unsaturated/α-hetero) is 1. The number of benzene rings is 1. The van der Waals surface area contributed by atoms with Crippen LogP contribution in [0.15, 0.2) is 16.6 Å². The number of rotatable bonds is 3. The van der Waals surface area contributed by atoms with E-state index in [1.165, 1.54) is 0 Å². The monoisotopic (exact) mass is 268 g/mol. The molecule has 0 radical (unpaired) electrons. The van der Waals surface area contributed by atoms with Gasteiger partial charge in [-0.1, -0.05) is 15.9 Å². The highest BCUT2D eigenvalue weighted by atomic mass is 79.9. The fraction of sp³-hybridized carbons (Fsp3) is 0.417. The van der Waals surface area contributed by atoms with E-state index in [0.29, 0.717) is 11.3 Å². The van der Waals surface area contributed by atoms with Gasteiger partial charge in [0.15, 0.2) is 5.78 Å².